The molecule has 8 heteroatoms. The summed E-state index contributed by atoms with van der Waals surface area (Å²) in [5.74, 6) is 0.561. The Balaban J connectivity index is 2.26. The fourth-order valence-electron chi connectivity index (χ4n) is 2.58. The molecule has 1 aromatic carbocycles. The molecule has 0 atom stereocenters. The van der Waals surface area contributed by atoms with E-state index in [2.05, 4.69) is 6.92 Å². The normalized spacial score (nSPS) is 17.8. The van der Waals surface area contributed by atoms with Crippen LogP contribution in [-0.2, 0) is 10.0 Å². The minimum atomic E-state index is -3.68. The highest BCUT2D eigenvalue weighted by Gasteiger charge is 2.30. The highest BCUT2D eigenvalue weighted by Crippen LogP contribution is 2.29. The van der Waals surface area contributed by atoms with E-state index in [1.807, 2.05) is 0 Å². The Morgan fingerprint density at radius 2 is 2.00 bits per heavy atom. The maximum atomic E-state index is 12.6. The summed E-state index contributed by atoms with van der Waals surface area (Å²) in [5, 5.41) is 10.7. The van der Waals surface area contributed by atoms with Crippen molar-refractivity contribution in [1.29, 1.82) is 0 Å². The molecule has 1 heterocycles. The first-order valence-corrected chi connectivity index (χ1v) is 8.34. The van der Waals surface area contributed by atoms with E-state index < -0.39 is 14.9 Å². The molecule has 0 bridgehead atoms. The number of piperidine rings is 1. The molecule has 7 nitrogen and oxygen atoms in total. The van der Waals surface area contributed by atoms with Crippen molar-refractivity contribution in [2.75, 3.05) is 18.8 Å². The lowest BCUT2D eigenvalue weighted by molar-refractivity contribution is -0.384. The number of sulfonamides is 1. The number of nitro benzene ring substituents is 1. The maximum Gasteiger partial charge on any atom is 0.271 e. The molecule has 2 rings (SSSR count). The lowest BCUT2D eigenvalue weighted by Gasteiger charge is -2.30. The predicted molar refractivity (Wildman–Crippen MR) is 79.3 cm³/mol. The smallest absolute Gasteiger partial charge is 0.271 e. The Hall–Kier alpha value is -1.67. The molecule has 0 amide bonds. The molecular weight excluding hydrogens is 294 g/mol. The second-order valence-electron chi connectivity index (χ2n) is 5.23. The van der Waals surface area contributed by atoms with Gasteiger partial charge in [-0.25, -0.2) is 8.42 Å². The number of nitro groups is 1. The summed E-state index contributed by atoms with van der Waals surface area (Å²) in [7, 11) is -3.68. The van der Waals surface area contributed by atoms with Gasteiger partial charge in [-0.1, -0.05) is 13.3 Å². The molecular formula is C13H19N3O4S. The van der Waals surface area contributed by atoms with E-state index in [-0.39, 0.29) is 16.3 Å². The van der Waals surface area contributed by atoms with Crippen LogP contribution in [0.25, 0.3) is 0 Å². The van der Waals surface area contributed by atoms with E-state index >= 15 is 0 Å². The van der Waals surface area contributed by atoms with Crippen molar-refractivity contribution in [2.45, 2.75) is 31.1 Å². The summed E-state index contributed by atoms with van der Waals surface area (Å²) in [6.45, 7) is 3.04. The van der Waals surface area contributed by atoms with Crippen LogP contribution in [-0.4, -0.2) is 30.7 Å². The summed E-state index contributed by atoms with van der Waals surface area (Å²) in [6.07, 6.45) is 2.72. The Morgan fingerprint density at radius 1 is 1.38 bits per heavy atom. The number of benzene rings is 1. The Kier molecular flexibility index (Phi) is 4.48. The van der Waals surface area contributed by atoms with Gasteiger partial charge in [0.05, 0.1) is 10.6 Å². The highest BCUT2D eigenvalue weighted by molar-refractivity contribution is 7.89. The quantitative estimate of drug-likeness (QED) is 0.519. The average Bonchev–Trinajstić information content (AvgIpc) is 2.46. The van der Waals surface area contributed by atoms with Gasteiger partial charge in [-0.2, -0.15) is 4.31 Å². The molecule has 116 valence electrons. The third-order valence-electron chi connectivity index (χ3n) is 3.97. The third-order valence-corrected chi connectivity index (χ3v) is 5.95. The lowest BCUT2D eigenvalue weighted by atomic mass is 9.96. The van der Waals surface area contributed by atoms with E-state index in [0.29, 0.717) is 19.0 Å². The van der Waals surface area contributed by atoms with Crippen LogP contribution in [0.15, 0.2) is 23.1 Å². The molecule has 0 spiro atoms. The molecule has 0 aliphatic carbocycles. The lowest BCUT2D eigenvalue weighted by Crippen LogP contribution is -2.38. The van der Waals surface area contributed by atoms with E-state index in [9.17, 15) is 18.5 Å². The zero-order chi connectivity index (χ0) is 15.6. The molecule has 1 saturated heterocycles. The molecule has 1 fully saturated rings. The first kappa shape index (κ1) is 15.7. The van der Waals surface area contributed by atoms with Gasteiger partial charge in [-0.3, -0.25) is 10.1 Å². The summed E-state index contributed by atoms with van der Waals surface area (Å²) in [5.41, 5.74) is 5.40. The van der Waals surface area contributed by atoms with Crippen LogP contribution in [0.4, 0.5) is 11.4 Å². The highest BCUT2D eigenvalue weighted by atomic mass is 32.2. The maximum absolute atomic E-state index is 12.6. The van der Waals surface area contributed by atoms with Gasteiger partial charge in [0.15, 0.2) is 0 Å². The second kappa shape index (κ2) is 5.98. The van der Waals surface area contributed by atoms with Crippen molar-refractivity contribution in [2.24, 2.45) is 5.92 Å². The van der Waals surface area contributed by atoms with Gasteiger partial charge in [0, 0.05) is 25.2 Å². The summed E-state index contributed by atoms with van der Waals surface area (Å²) in [6, 6.07) is 3.47. The van der Waals surface area contributed by atoms with Gasteiger partial charge < -0.3 is 5.73 Å². The van der Waals surface area contributed by atoms with Crippen LogP contribution in [0, 0.1) is 16.0 Å². The zero-order valence-corrected chi connectivity index (χ0v) is 12.7. The minimum absolute atomic E-state index is 0.0527. The van der Waals surface area contributed by atoms with Crippen LogP contribution in [0.3, 0.4) is 0 Å². The fraction of sp³-hybridized carbons (Fsp3) is 0.538. The SMILES string of the molecule is CCC1CCN(S(=O)(=O)c2ccc([N+](=O)[O-])cc2N)CC1. The van der Waals surface area contributed by atoms with E-state index in [4.69, 9.17) is 5.73 Å². The molecule has 0 aromatic heterocycles. The molecule has 0 radical (unpaired) electrons. The fourth-order valence-corrected chi connectivity index (χ4v) is 4.15. The largest absolute Gasteiger partial charge is 0.397 e. The number of anilines is 1. The Bertz CT molecular complexity index is 637. The monoisotopic (exact) mass is 313 g/mol. The average molecular weight is 313 g/mol. The van der Waals surface area contributed by atoms with Crippen LogP contribution >= 0.6 is 0 Å². The van der Waals surface area contributed by atoms with Crippen molar-refractivity contribution in [1.82, 2.24) is 4.31 Å². The van der Waals surface area contributed by atoms with E-state index in [1.165, 1.54) is 16.4 Å². The zero-order valence-electron chi connectivity index (χ0n) is 11.9. The van der Waals surface area contributed by atoms with Crippen molar-refractivity contribution in [3.63, 3.8) is 0 Å². The van der Waals surface area contributed by atoms with Crippen LogP contribution in [0.1, 0.15) is 26.2 Å². The van der Waals surface area contributed by atoms with Crippen molar-refractivity contribution in [3.8, 4) is 0 Å². The molecule has 1 aliphatic rings. The van der Waals surface area contributed by atoms with Gasteiger partial charge in [-0.05, 0) is 24.8 Å². The van der Waals surface area contributed by atoms with Crippen molar-refractivity contribution in [3.05, 3.63) is 28.3 Å². The Morgan fingerprint density at radius 3 is 2.48 bits per heavy atom. The molecule has 2 N–H and O–H groups in total. The van der Waals surface area contributed by atoms with E-state index in [1.54, 1.807) is 0 Å². The number of rotatable bonds is 4. The molecule has 0 saturated carbocycles. The molecule has 0 unspecified atom stereocenters. The molecule has 1 aromatic rings. The number of hydrogen-bond acceptors (Lipinski definition) is 5. The first-order chi connectivity index (χ1) is 9.86. The third kappa shape index (κ3) is 3.16. The van der Waals surface area contributed by atoms with Crippen LogP contribution < -0.4 is 5.73 Å². The molecule has 21 heavy (non-hydrogen) atoms. The standard InChI is InChI=1S/C13H19N3O4S/c1-2-10-5-7-15(8-6-10)21(19,20)13-4-3-11(16(17)18)9-12(13)14/h3-4,9-10H,2,5-8,14H2,1H3. The number of non-ortho nitro benzene ring substituents is 1. The second-order valence-corrected chi connectivity index (χ2v) is 7.14. The van der Waals surface area contributed by atoms with Gasteiger partial charge in [0.25, 0.3) is 5.69 Å². The summed E-state index contributed by atoms with van der Waals surface area (Å²) >= 11 is 0. The van der Waals surface area contributed by atoms with Crippen molar-refractivity contribution >= 4 is 21.4 Å². The molecule has 1 aliphatic heterocycles. The minimum Gasteiger partial charge on any atom is -0.397 e. The topological polar surface area (TPSA) is 107 Å². The van der Waals surface area contributed by atoms with Gasteiger partial charge in [-0.15, -0.1) is 0 Å². The van der Waals surface area contributed by atoms with Gasteiger partial charge >= 0.3 is 0 Å². The van der Waals surface area contributed by atoms with Gasteiger partial charge in [0.1, 0.15) is 4.90 Å². The predicted octanol–water partition coefficient (Wildman–Crippen LogP) is 1.99. The van der Waals surface area contributed by atoms with E-state index in [0.717, 1.165) is 25.3 Å². The number of nitrogen functional groups attached to an aromatic ring is 1. The number of hydrogen-bond donors (Lipinski definition) is 1. The Labute approximate surface area is 123 Å². The van der Waals surface area contributed by atoms with Crippen LogP contribution in [0.5, 0.6) is 0 Å². The first-order valence-electron chi connectivity index (χ1n) is 6.90. The van der Waals surface area contributed by atoms with Gasteiger partial charge in [0.2, 0.25) is 10.0 Å². The van der Waals surface area contributed by atoms with Crippen LogP contribution in [0.2, 0.25) is 0 Å². The van der Waals surface area contributed by atoms with Crippen molar-refractivity contribution < 1.29 is 13.3 Å². The summed E-state index contributed by atoms with van der Waals surface area (Å²) < 4.78 is 26.5. The number of nitrogens with two attached hydrogens (primary N) is 1. The number of nitrogens with zero attached hydrogens (tertiary/aromatic N) is 2. The summed E-state index contributed by atoms with van der Waals surface area (Å²) in [4.78, 5) is 10.0.